The normalized spacial score (nSPS) is 19.4. The Morgan fingerprint density at radius 2 is 1.83 bits per heavy atom. The van der Waals surface area contributed by atoms with Gasteiger partial charge in [0.2, 0.25) is 5.91 Å². The van der Waals surface area contributed by atoms with E-state index in [-0.39, 0.29) is 11.7 Å². The minimum Gasteiger partial charge on any atom is -0.355 e. The maximum atomic E-state index is 12.8. The highest BCUT2D eigenvalue weighted by Crippen LogP contribution is 2.28. The van der Waals surface area contributed by atoms with E-state index in [4.69, 9.17) is 0 Å². The number of rotatable bonds is 8. The number of carbonyl (C=O) groups is 1. The van der Waals surface area contributed by atoms with E-state index in [0.29, 0.717) is 19.1 Å². The van der Waals surface area contributed by atoms with Gasteiger partial charge in [-0.2, -0.15) is 0 Å². The lowest BCUT2D eigenvalue weighted by Gasteiger charge is -2.32. The third-order valence-corrected chi connectivity index (χ3v) is 5.00. The van der Waals surface area contributed by atoms with Crippen molar-refractivity contribution in [2.45, 2.75) is 38.1 Å². The molecule has 0 bridgehead atoms. The van der Waals surface area contributed by atoms with Crippen LogP contribution in [0.4, 0.5) is 4.39 Å². The quantitative estimate of drug-likeness (QED) is 0.764. The second-order valence-electron chi connectivity index (χ2n) is 7.13. The first-order valence-electron chi connectivity index (χ1n) is 9.16. The maximum Gasteiger partial charge on any atom is 0.234 e. The molecule has 0 unspecified atom stereocenters. The van der Waals surface area contributed by atoms with Gasteiger partial charge in [0, 0.05) is 25.7 Å². The molecule has 2 fully saturated rings. The molecule has 0 aromatic heterocycles. The summed E-state index contributed by atoms with van der Waals surface area (Å²) in [6.07, 6.45) is 5.79. The number of hydrogen-bond donors (Lipinski definition) is 2. The van der Waals surface area contributed by atoms with Crippen molar-refractivity contribution in [3.63, 3.8) is 0 Å². The van der Waals surface area contributed by atoms with Crippen LogP contribution in [0.5, 0.6) is 0 Å². The van der Waals surface area contributed by atoms with E-state index in [1.807, 2.05) is 0 Å². The number of benzene rings is 1. The SMILES string of the molecule is O=C(CN1CCC(NCC2CC2)CC1)NCCc1ccc(F)cc1. The lowest BCUT2D eigenvalue weighted by Crippen LogP contribution is -2.46. The molecule has 1 heterocycles. The average molecular weight is 333 g/mol. The zero-order chi connectivity index (χ0) is 16.8. The molecule has 24 heavy (non-hydrogen) atoms. The molecule has 1 aliphatic heterocycles. The van der Waals surface area contributed by atoms with Crippen LogP contribution in [0.25, 0.3) is 0 Å². The van der Waals surface area contributed by atoms with Crippen molar-refractivity contribution in [1.29, 1.82) is 0 Å². The molecule has 1 aromatic carbocycles. The molecule has 1 saturated heterocycles. The summed E-state index contributed by atoms with van der Waals surface area (Å²) >= 11 is 0. The van der Waals surface area contributed by atoms with Gasteiger partial charge < -0.3 is 10.6 Å². The minimum absolute atomic E-state index is 0.0847. The van der Waals surface area contributed by atoms with Crippen molar-refractivity contribution >= 4 is 5.91 Å². The smallest absolute Gasteiger partial charge is 0.234 e. The predicted octanol–water partition coefficient (Wildman–Crippen LogP) is 1.95. The molecule has 2 N–H and O–H groups in total. The summed E-state index contributed by atoms with van der Waals surface area (Å²) in [7, 11) is 0. The van der Waals surface area contributed by atoms with Crippen molar-refractivity contribution in [3.05, 3.63) is 35.6 Å². The lowest BCUT2D eigenvalue weighted by atomic mass is 10.0. The highest BCUT2D eigenvalue weighted by atomic mass is 19.1. The van der Waals surface area contributed by atoms with Gasteiger partial charge in [0.05, 0.1) is 6.54 Å². The zero-order valence-corrected chi connectivity index (χ0v) is 14.3. The van der Waals surface area contributed by atoms with Gasteiger partial charge in [0.1, 0.15) is 5.82 Å². The lowest BCUT2D eigenvalue weighted by molar-refractivity contribution is -0.122. The summed E-state index contributed by atoms with van der Waals surface area (Å²) in [6, 6.07) is 7.07. The van der Waals surface area contributed by atoms with Crippen LogP contribution in [0, 0.1) is 11.7 Å². The van der Waals surface area contributed by atoms with Gasteiger partial charge in [-0.15, -0.1) is 0 Å². The molecule has 0 radical (unpaired) electrons. The highest BCUT2D eigenvalue weighted by molar-refractivity contribution is 5.78. The van der Waals surface area contributed by atoms with E-state index in [9.17, 15) is 9.18 Å². The first-order valence-corrected chi connectivity index (χ1v) is 9.16. The van der Waals surface area contributed by atoms with Crippen LogP contribution in [-0.4, -0.2) is 49.6 Å². The average Bonchev–Trinajstić information content (AvgIpc) is 3.40. The molecule has 1 aliphatic carbocycles. The van der Waals surface area contributed by atoms with E-state index >= 15 is 0 Å². The molecule has 132 valence electrons. The standard InChI is InChI=1S/C19H28FN3O/c20-17-5-3-15(4-6-17)7-10-21-19(24)14-23-11-8-18(9-12-23)22-13-16-1-2-16/h3-6,16,18,22H,1-2,7-14H2,(H,21,24). The molecule has 1 amide bonds. The van der Waals surface area contributed by atoms with Crippen molar-refractivity contribution in [3.8, 4) is 0 Å². The van der Waals surface area contributed by atoms with E-state index in [1.54, 1.807) is 12.1 Å². The number of likely N-dealkylation sites (tertiary alicyclic amines) is 1. The summed E-state index contributed by atoms with van der Waals surface area (Å²) in [4.78, 5) is 14.3. The number of piperidine rings is 1. The van der Waals surface area contributed by atoms with Gasteiger partial charge in [0.25, 0.3) is 0 Å². The Kier molecular flexibility index (Phi) is 6.21. The Bertz CT molecular complexity index is 522. The molecular weight excluding hydrogens is 305 g/mol. The predicted molar refractivity (Wildman–Crippen MR) is 93.3 cm³/mol. The van der Waals surface area contributed by atoms with E-state index in [2.05, 4.69) is 15.5 Å². The van der Waals surface area contributed by atoms with Gasteiger partial charge in [-0.05, 0) is 62.3 Å². The highest BCUT2D eigenvalue weighted by Gasteiger charge is 2.24. The van der Waals surface area contributed by atoms with Crippen LogP contribution in [0.15, 0.2) is 24.3 Å². The number of halogens is 1. The molecule has 1 aromatic rings. The fourth-order valence-corrected chi connectivity index (χ4v) is 3.21. The number of nitrogens with one attached hydrogen (secondary N) is 2. The van der Waals surface area contributed by atoms with Crippen LogP contribution in [0.2, 0.25) is 0 Å². The molecule has 5 heteroatoms. The second-order valence-corrected chi connectivity index (χ2v) is 7.13. The van der Waals surface area contributed by atoms with Gasteiger partial charge in [-0.1, -0.05) is 12.1 Å². The first-order chi connectivity index (χ1) is 11.7. The molecular formula is C19H28FN3O. The topological polar surface area (TPSA) is 44.4 Å². The summed E-state index contributed by atoms with van der Waals surface area (Å²) < 4.78 is 12.8. The first kappa shape index (κ1) is 17.4. The second kappa shape index (κ2) is 8.58. The Balaban J connectivity index is 1.27. The maximum absolute atomic E-state index is 12.8. The van der Waals surface area contributed by atoms with Crippen molar-refractivity contribution < 1.29 is 9.18 Å². The van der Waals surface area contributed by atoms with Gasteiger partial charge >= 0.3 is 0 Å². The third kappa shape index (κ3) is 5.87. The fourth-order valence-electron chi connectivity index (χ4n) is 3.21. The molecule has 2 aliphatic rings. The summed E-state index contributed by atoms with van der Waals surface area (Å²) in [5, 5.41) is 6.62. The number of nitrogens with zero attached hydrogens (tertiary/aromatic N) is 1. The van der Waals surface area contributed by atoms with Crippen LogP contribution >= 0.6 is 0 Å². The van der Waals surface area contributed by atoms with Crippen molar-refractivity contribution in [2.75, 3.05) is 32.7 Å². The number of carbonyl (C=O) groups excluding carboxylic acids is 1. The van der Waals surface area contributed by atoms with Crippen LogP contribution in [0.1, 0.15) is 31.2 Å². The Hall–Kier alpha value is -1.46. The van der Waals surface area contributed by atoms with Crippen LogP contribution in [0.3, 0.4) is 0 Å². The third-order valence-electron chi connectivity index (χ3n) is 5.00. The van der Waals surface area contributed by atoms with E-state index in [0.717, 1.165) is 43.8 Å². The molecule has 4 nitrogen and oxygen atoms in total. The van der Waals surface area contributed by atoms with Gasteiger partial charge in [-0.25, -0.2) is 4.39 Å². The molecule has 0 atom stereocenters. The Labute approximate surface area is 143 Å². The van der Waals surface area contributed by atoms with E-state index < -0.39 is 0 Å². The molecule has 1 saturated carbocycles. The van der Waals surface area contributed by atoms with Crippen molar-refractivity contribution in [2.24, 2.45) is 5.92 Å². The Morgan fingerprint density at radius 1 is 1.12 bits per heavy atom. The van der Waals surface area contributed by atoms with Crippen molar-refractivity contribution in [1.82, 2.24) is 15.5 Å². The fraction of sp³-hybridized carbons (Fsp3) is 0.632. The zero-order valence-electron chi connectivity index (χ0n) is 14.3. The summed E-state index contributed by atoms with van der Waals surface area (Å²) in [5.74, 6) is 0.786. The summed E-state index contributed by atoms with van der Waals surface area (Å²) in [6.45, 7) is 4.25. The minimum atomic E-state index is -0.224. The van der Waals surface area contributed by atoms with Gasteiger partial charge in [-0.3, -0.25) is 9.69 Å². The van der Waals surface area contributed by atoms with Crippen LogP contribution in [-0.2, 0) is 11.2 Å². The number of amides is 1. The largest absolute Gasteiger partial charge is 0.355 e. The molecule has 3 rings (SSSR count). The van der Waals surface area contributed by atoms with E-state index in [1.165, 1.54) is 31.5 Å². The van der Waals surface area contributed by atoms with Crippen LogP contribution < -0.4 is 10.6 Å². The monoisotopic (exact) mass is 333 g/mol. The number of hydrogen-bond acceptors (Lipinski definition) is 3. The Morgan fingerprint density at radius 3 is 2.50 bits per heavy atom. The summed E-state index contributed by atoms with van der Waals surface area (Å²) in [5.41, 5.74) is 1.04. The van der Waals surface area contributed by atoms with Gasteiger partial charge in [0.15, 0.2) is 0 Å². The molecule has 0 spiro atoms.